The molecule has 0 bridgehead atoms. The molecule has 208 valence electrons. The van der Waals surface area contributed by atoms with Crippen molar-refractivity contribution in [2.24, 2.45) is 4.99 Å². The Bertz CT molecular complexity index is 1740. The normalized spacial score (nSPS) is 17.6. The van der Waals surface area contributed by atoms with E-state index in [4.69, 9.17) is 14.7 Å². The molecule has 0 unspecified atom stereocenters. The standard InChI is InChI=1S/C33H34N6O2/c1-21-27(8-6-18-34-21)37-29-19-31-33(20-30(29)36-24-12-16-26(41-3)17-13-24)39(32-9-5-4-7-28(32)38-31)25-14-10-23(11-15-25)35-22(2)40/h4-11,14-15,18-20,24,26,37H,12-13,16-17H2,1-3H3,(H,35,40)/b36-30+. The van der Waals surface area contributed by atoms with Gasteiger partial charge in [-0.2, -0.15) is 0 Å². The number of anilines is 3. The highest BCUT2D eigenvalue weighted by Gasteiger charge is 2.22. The van der Waals surface area contributed by atoms with Gasteiger partial charge in [0.2, 0.25) is 5.91 Å². The topological polar surface area (TPSA) is 93.4 Å². The molecule has 3 aliphatic rings. The highest BCUT2D eigenvalue weighted by atomic mass is 16.5. The molecule has 0 radical (unpaired) electrons. The van der Waals surface area contributed by atoms with Crippen LogP contribution in [-0.2, 0) is 9.53 Å². The third-order valence-electron chi connectivity index (χ3n) is 7.72. The van der Waals surface area contributed by atoms with E-state index in [2.05, 4.69) is 38.4 Å². The zero-order valence-electron chi connectivity index (χ0n) is 23.6. The maximum absolute atomic E-state index is 11.6. The molecular formula is C33H34N6O2. The van der Waals surface area contributed by atoms with Crippen LogP contribution in [0, 0.1) is 6.92 Å². The minimum atomic E-state index is -0.0973. The monoisotopic (exact) mass is 546 g/mol. The van der Waals surface area contributed by atoms with Crippen LogP contribution >= 0.6 is 0 Å². The molecule has 2 aliphatic carbocycles. The fourth-order valence-corrected chi connectivity index (χ4v) is 5.59. The van der Waals surface area contributed by atoms with Crippen LogP contribution in [0.25, 0.3) is 28.1 Å². The average molecular weight is 547 g/mol. The number of carbonyl (C=O) groups excluding carboxylic acids is 1. The lowest BCUT2D eigenvalue weighted by atomic mass is 9.93. The second kappa shape index (κ2) is 11.5. The van der Waals surface area contributed by atoms with E-state index in [1.165, 1.54) is 6.92 Å². The third-order valence-corrected chi connectivity index (χ3v) is 7.72. The zero-order chi connectivity index (χ0) is 28.3. The molecule has 6 rings (SSSR count). The van der Waals surface area contributed by atoms with E-state index >= 15 is 0 Å². The van der Waals surface area contributed by atoms with E-state index in [0.717, 1.165) is 81.9 Å². The van der Waals surface area contributed by atoms with E-state index in [9.17, 15) is 4.79 Å². The summed E-state index contributed by atoms with van der Waals surface area (Å²) in [6.07, 6.45) is 6.11. The molecule has 1 aromatic heterocycles. The van der Waals surface area contributed by atoms with Crippen molar-refractivity contribution in [1.29, 1.82) is 0 Å². The maximum Gasteiger partial charge on any atom is 0.221 e. The third kappa shape index (κ3) is 5.69. The Balaban J connectivity index is 1.55. The summed E-state index contributed by atoms with van der Waals surface area (Å²) in [6, 6.07) is 24.4. The largest absolute Gasteiger partial charge is 0.381 e. The lowest BCUT2D eigenvalue weighted by molar-refractivity contribution is -0.114. The predicted molar refractivity (Wildman–Crippen MR) is 163 cm³/mol. The van der Waals surface area contributed by atoms with E-state index in [1.807, 2.05) is 61.5 Å². The smallest absolute Gasteiger partial charge is 0.221 e. The maximum atomic E-state index is 11.6. The Morgan fingerprint density at radius 3 is 2.49 bits per heavy atom. The van der Waals surface area contributed by atoms with Crippen molar-refractivity contribution in [2.45, 2.75) is 51.7 Å². The summed E-state index contributed by atoms with van der Waals surface area (Å²) in [6.45, 7) is 3.51. The van der Waals surface area contributed by atoms with Gasteiger partial charge in [-0.3, -0.25) is 14.8 Å². The molecule has 8 nitrogen and oxygen atoms in total. The van der Waals surface area contributed by atoms with E-state index in [1.54, 1.807) is 13.3 Å². The van der Waals surface area contributed by atoms with Gasteiger partial charge in [-0.1, -0.05) is 12.1 Å². The summed E-state index contributed by atoms with van der Waals surface area (Å²) in [5, 5.41) is 7.35. The van der Waals surface area contributed by atoms with Crippen molar-refractivity contribution in [1.82, 2.24) is 14.5 Å². The summed E-state index contributed by atoms with van der Waals surface area (Å²) in [7, 11) is 1.79. The van der Waals surface area contributed by atoms with Gasteiger partial charge < -0.3 is 19.9 Å². The number of aromatic nitrogens is 3. The lowest BCUT2D eigenvalue weighted by Gasteiger charge is -2.25. The first kappa shape index (κ1) is 26.7. The van der Waals surface area contributed by atoms with Gasteiger partial charge in [-0.25, -0.2) is 4.98 Å². The number of aryl methyl sites for hydroxylation is 1. The Morgan fingerprint density at radius 2 is 1.76 bits per heavy atom. The van der Waals surface area contributed by atoms with Gasteiger partial charge in [-0.15, -0.1) is 0 Å². The zero-order valence-corrected chi connectivity index (χ0v) is 23.6. The van der Waals surface area contributed by atoms with Crippen LogP contribution in [0.5, 0.6) is 0 Å². The first-order chi connectivity index (χ1) is 20.0. The summed E-state index contributed by atoms with van der Waals surface area (Å²) >= 11 is 0. The highest BCUT2D eigenvalue weighted by Crippen LogP contribution is 2.31. The molecule has 1 fully saturated rings. The molecule has 41 heavy (non-hydrogen) atoms. The van der Waals surface area contributed by atoms with Crippen LogP contribution in [0.1, 0.15) is 38.3 Å². The van der Waals surface area contributed by atoms with Crippen molar-refractivity contribution in [2.75, 3.05) is 17.7 Å². The number of benzene rings is 3. The summed E-state index contributed by atoms with van der Waals surface area (Å²) in [4.78, 5) is 26.4. The molecule has 0 saturated heterocycles. The van der Waals surface area contributed by atoms with Gasteiger partial charge in [0.15, 0.2) is 0 Å². The van der Waals surface area contributed by atoms with Crippen LogP contribution < -0.4 is 16.0 Å². The molecule has 0 spiro atoms. The summed E-state index contributed by atoms with van der Waals surface area (Å²) < 4.78 is 7.82. The lowest BCUT2D eigenvalue weighted by Crippen LogP contribution is -2.25. The van der Waals surface area contributed by atoms with Crippen LogP contribution in [0.3, 0.4) is 0 Å². The number of carbonyl (C=O) groups is 1. The molecule has 1 amide bonds. The van der Waals surface area contributed by atoms with Crippen LogP contribution in [0.4, 0.5) is 17.1 Å². The molecule has 8 heteroatoms. The predicted octanol–water partition coefficient (Wildman–Crippen LogP) is 6.39. The van der Waals surface area contributed by atoms with Crippen molar-refractivity contribution < 1.29 is 9.53 Å². The van der Waals surface area contributed by atoms with Crippen molar-refractivity contribution in [3.8, 4) is 17.1 Å². The van der Waals surface area contributed by atoms with E-state index in [0.29, 0.717) is 6.10 Å². The van der Waals surface area contributed by atoms with Gasteiger partial charge in [0.25, 0.3) is 0 Å². The number of pyridine rings is 1. The van der Waals surface area contributed by atoms with Gasteiger partial charge in [0.1, 0.15) is 0 Å². The van der Waals surface area contributed by atoms with Crippen molar-refractivity contribution in [3.63, 3.8) is 0 Å². The summed E-state index contributed by atoms with van der Waals surface area (Å²) in [5.41, 5.74) is 8.16. The Labute approximate surface area is 239 Å². The van der Waals surface area contributed by atoms with Gasteiger partial charge in [0.05, 0.1) is 57.0 Å². The number of para-hydroxylation sites is 2. The molecule has 1 aliphatic heterocycles. The van der Waals surface area contributed by atoms with E-state index in [-0.39, 0.29) is 11.9 Å². The molecule has 2 N–H and O–H groups in total. The van der Waals surface area contributed by atoms with Gasteiger partial charge >= 0.3 is 0 Å². The van der Waals surface area contributed by atoms with Crippen LogP contribution in [-0.4, -0.2) is 39.7 Å². The number of nitrogens with one attached hydrogen (secondary N) is 2. The fourth-order valence-electron chi connectivity index (χ4n) is 5.59. The van der Waals surface area contributed by atoms with Crippen LogP contribution in [0.2, 0.25) is 0 Å². The minimum absolute atomic E-state index is 0.0973. The summed E-state index contributed by atoms with van der Waals surface area (Å²) in [5.74, 6) is -0.0973. The van der Waals surface area contributed by atoms with Gasteiger partial charge in [0, 0.05) is 31.6 Å². The number of hydrogen-bond donors (Lipinski definition) is 2. The molecular weight excluding hydrogens is 512 g/mol. The first-order valence-electron chi connectivity index (χ1n) is 14.1. The number of methoxy groups -OCH3 is 1. The van der Waals surface area contributed by atoms with Crippen LogP contribution in [0.15, 0.2) is 84.0 Å². The number of fused-ring (bicyclic) bond motifs is 2. The Morgan fingerprint density at radius 1 is 0.976 bits per heavy atom. The van der Waals surface area contributed by atoms with Crippen molar-refractivity contribution >= 4 is 34.0 Å². The molecule has 2 heterocycles. The quantitative estimate of drug-likeness (QED) is 0.241. The number of nitrogens with zero attached hydrogens (tertiary/aromatic N) is 4. The van der Waals surface area contributed by atoms with E-state index < -0.39 is 0 Å². The number of amides is 1. The fraction of sp³-hybridized carbons (Fsp3) is 0.273. The van der Waals surface area contributed by atoms with Gasteiger partial charge in [-0.05, 0) is 93.3 Å². The minimum Gasteiger partial charge on any atom is -0.381 e. The Hall–Kier alpha value is -4.56. The Kier molecular flexibility index (Phi) is 7.48. The average Bonchev–Trinajstić information content (AvgIpc) is 2.98. The number of rotatable bonds is 6. The number of hydrogen-bond acceptors (Lipinski definition) is 6. The second-order valence-corrected chi connectivity index (χ2v) is 10.6. The van der Waals surface area contributed by atoms with Crippen molar-refractivity contribution in [3.05, 3.63) is 90.0 Å². The molecule has 1 saturated carbocycles. The SMILES string of the molecule is COC1CCC(/N=c2\cc3n(-c4ccc(NC(C)=O)cc4)c4ccccc4nc-3cc2Nc2cccnc2C)CC1. The second-order valence-electron chi connectivity index (χ2n) is 10.6. The number of ether oxygens (including phenoxy) is 1. The molecule has 3 aromatic rings. The molecule has 0 atom stereocenters. The first-order valence-corrected chi connectivity index (χ1v) is 14.1. The molecule has 2 aromatic carbocycles. The highest BCUT2D eigenvalue weighted by molar-refractivity contribution is 5.89.